The van der Waals surface area contributed by atoms with E-state index in [1.807, 2.05) is 24.3 Å². The molecule has 3 heteroatoms. The van der Waals surface area contributed by atoms with Gasteiger partial charge in [-0.1, -0.05) is 49.7 Å². The molecule has 20 heavy (non-hydrogen) atoms. The van der Waals surface area contributed by atoms with Crippen LogP contribution in [0.1, 0.15) is 40.5 Å². The molecular formula is C17H28BrNO. The zero-order valence-corrected chi connectivity index (χ0v) is 14.8. The molecule has 0 aliphatic rings. The number of hydrogen-bond acceptors (Lipinski definition) is 2. The summed E-state index contributed by atoms with van der Waals surface area (Å²) >= 11 is 3.47. The van der Waals surface area contributed by atoms with Crippen LogP contribution in [0.4, 0.5) is 0 Å². The Morgan fingerprint density at radius 1 is 1.30 bits per heavy atom. The molecule has 0 saturated heterocycles. The lowest BCUT2D eigenvalue weighted by Crippen LogP contribution is -2.33. The van der Waals surface area contributed by atoms with Gasteiger partial charge in [-0.05, 0) is 55.5 Å². The minimum Gasteiger partial charge on any atom is -0.494 e. The molecule has 0 aliphatic carbocycles. The Bertz CT molecular complexity index is 387. The van der Waals surface area contributed by atoms with Crippen molar-refractivity contribution in [3.05, 3.63) is 28.7 Å². The molecule has 1 aromatic rings. The van der Waals surface area contributed by atoms with Crippen LogP contribution in [0.2, 0.25) is 0 Å². The molecule has 1 aromatic carbocycles. The molecule has 0 amide bonds. The standard InChI is InChI=1S/C17H28BrNO/c1-5-10-19-13-14(17(2,3)4)9-11-20-16-8-6-7-15(18)12-16/h6-8,12,14,19H,5,9-11,13H2,1-4H3. The predicted molar refractivity (Wildman–Crippen MR) is 90.4 cm³/mol. The van der Waals surface area contributed by atoms with E-state index in [0.717, 1.165) is 36.3 Å². The molecule has 1 atom stereocenters. The second-order valence-corrected chi connectivity index (χ2v) is 7.28. The van der Waals surface area contributed by atoms with E-state index in [9.17, 15) is 0 Å². The minimum absolute atomic E-state index is 0.307. The van der Waals surface area contributed by atoms with E-state index < -0.39 is 0 Å². The van der Waals surface area contributed by atoms with Gasteiger partial charge in [0.15, 0.2) is 0 Å². The second kappa shape index (κ2) is 8.68. The third-order valence-electron chi connectivity index (χ3n) is 3.57. The fourth-order valence-electron chi connectivity index (χ4n) is 2.17. The normalized spacial score (nSPS) is 13.2. The van der Waals surface area contributed by atoms with Gasteiger partial charge in [0.1, 0.15) is 5.75 Å². The summed E-state index contributed by atoms with van der Waals surface area (Å²) in [6.45, 7) is 12.1. The average molecular weight is 342 g/mol. The smallest absolute Gasteiger partial charge is 0.120 e. The highest BCUT2D eigenvalue weighted by Gasteiger charge is 2.23. The predicted octanol–water partition coefficient (Wildman–Crippen LogP) is 4.88. The summed E-state index contributed by atoms with van der Waals surface area (Å²) in [6, 6.07) is 8.04. The zero-order chi connectivity index (χ0) is 15.0. The Labute approximate surface area is 132 Å². The first-order valence-corrected chi connectivity index (χ1v) is 8.32. The summed E-state index contributed by atoms with van der Waals surface area (Å²) in [5.74, 6) is 1.56. The van der Waals surface area contributed by atoms with Gasteiger partial charge < -0.3 is 10.1 Å². The molecule has 1 N–H and O–H groups in total. The molecule has 0 bridgehead atoms. The van der Waals surface area contributed by atoms with Gasteiger partial charge in [0.25, 0.3) is 0 Å². The van der Waals surface area contributed by atoms with E-state index in [1.165, 1.54) is 6.42 Å². The summed E-state index contributed by atoms with van der Waals surface area (Å²) in [4.78, 5) is 0. The molecule has 0 aromatic heterocycles. The number of rotatable bonds is 8. The Morgan fingerprint density at radius 3 is 2.65 bits per heavy atom. The van der Waals surface area contributed by atoms with Crippen LogP contribution in [0, 0.1) is 11.3 Å². The average Bonchev–Trinajstić information content (AvgIpc) is 2.36. The maximum atomic E-state index is 5.86. The molecular weight excluding hydrogens is 314 g/mol. The third kappa shape index (κ3) is 6.76. The van der Waals surface area contributed by atoms with Crippen LogP contribution in [0.5, 0.6) is 5.75 Å². The number of benzene rings is 1. The van der Waals surface area contributed by atoms with E-state index >= 15 is 0 Å². The Hall–Kier alpha value is -0.540. The van der Waals surface area contributed by atoms with Gasteiger partial charge in [-0.25, -0.2) is 0 Å². The van der Waals surface area contributed by atoms with E-state index in [-0.39, 0.29) is 0 Å². The van der Waals surface area contributed by atoms with Gasteiger partial charge in [0, 0.05) is 4.47 Å². The van der Waals surface area contributed by atoms with Gasteiger partial charge in [-0.2, -0.15) is 0 Å². The Kier molecular flexibility index (Phi) is 7.60. The van der Waals surface area contributed by atoms with Crippen molar-refractivity contribution in [2.75, 3.05) is 19.7 Å². The maximum absolute atomic E-state index is 5.86. The third-order valence-corrected chi connectivity index (χ3v) is 4.07. The van der Waals surface area contributed by atoms with E-state index in [2.05, 4.69) is 48.9 Å². The lowest BCUT2D eigenvalue weighted by atomic mass is 9.79. The largest absolute Gasteiger partial charge is 0.494 e. The van der Waals surface area contributed by atoms with E-state index in [1.54, 1.807) is 0 Å². The van der Waals surface area contributed by atoms with Crippen molar-refractivity contribution < 1.29 is 4.74 Å². The fourth-order valence-corrected chi connectivity index (χ4v) is 2.55. The van der Waals surface area contributed by atoms with Crippen molar-refractivity contribution in [2.24, 2.45) is 11.3 Å². The van der Waals surface area contributed by atoms with Gasteiger partial charge in [-0.15, -0.1) is 0 Å². The fraction of sp³-hybridized carbons (Fsp3) is 0.647. The quantitative estimate of drug-likeness (QED) is 0.680. The molecule has 0 heterocycles. The van der Waals surface area contributed by atoms with Crippen molar-refractivity contribution in [1.82, 2.24) is 5.32 Å². The summed E-state index contributed by atoms with van der Waals surface area (Å²) in [5, 5.41) is 3.54. The molecule has 1 unspecified atom stereocenters. The topological polar surface area (TPSA) is 21.3 Å². The SMILES string of the molecule is CCCNCC(CCOc1cccc(Br)c1)C(C)(C)C. The number of halogens is 1. The van der Waals surface area contributed by atoms with Crippen LogP contribution in [0.3, 0.4) is 0 Å². The van der Waals surface area contributed by atoms with Crippen LogP contribution in [0.25, 0.3) is 0 Å². The first kappa shape index (κ1) is 17.5. The van der Waals surface area contributed by atoms with Gasteiger partial charge in [-0.3, -0.25) is 0 Å². The van der Waals surface area contributed by atoms with Crippen LogP contribution in [0.15, 0.2) is 28.7 Å². The molecule has 1 rings (SSSR count). The Morgan fingerprint density at radius 2 is 2.05 bits per heavy atom. The monoisotopic (exact) mass is 341 g/mol. The van der Waals surface area contributed by atoms with Gasteiger partial charge in [0.05, 0.1) is 6.61 Å². The van der Waals surface area contributed by atoms with Crippen LogP contribution in [-0.4, -0.2) is 19.7 Å². The summed E-state index contributed by atoms with van der Waals surface area (Å²) in [6.07, 6.45) is 2.26. The first-order chi connectivity index (χ1) is 9.43. The number of nitrogens with one attached hydrogen (secondary N) is 1. The van der Waals surface area contributed by atoms with Crippen molar-refractivity contribution in [3.8, 4) is 5.75 Å². The lowest BCUT2D eigenvalue weighted by Gasteiger charge is -2.31. The van der Waals surface area contributed by atoms with Crippen molar-refractivity contribution in [3.63, 3.8) is 0 Å². The highest BCUT2D eigenvalue weighted by Crippen LogP contribution is 2.28. The number of ether oxygens (including phenoxy) is 1. The minimum atomic E-state index is 0.307. The highest BCUT2D eigenvalue weighted by atomic mass is 79.9. The molecule has 0 fully saturated rings. The van der Waals surface area contributed by atoms with Gasteiger partial charge in [0.2, 0.25) is 0 Å². The van der Waals surface area contributed by atoms with Crippen molar-refractivity contribution in [1.29, 1.82) is 0 Å². The van der Waals surface area contributed by atoms with Crippen LogP contribution < -0.4 is 10.1 Å². The zero-order valence-electron chi connectivity index (χ0n) is 13.2. The second-order valence-electron chi connectivity index (χ2n) is 6.36. The molecule has 0 spiro atoms. The molecule has 0 aliphatic heterocycles. The molecule has 114 valence electrons. The first-order valence-electron chi connectivity index (χ1n) is 7.52. The maximum Gasteiger partial charge on any atom is 0.120 e. The van der Waals surface area contributed by atoms with Crippen molar-refractivity contribution in [2.45, 2.75) is 40.5 Å². The number of hydrogen-bond donors (Lipinski definition) is 1. The van der Waals surface area contributed by atoms with E-state index in [0.29, 0.717) is 11.3 Å². The summed E-state index contributed by atoms with van der Waals surface area (Å²) in [5.41, 5.74) is 0.307. The molecule has 2 nitrogen and oxygen atoms in total. The summed E-state index contributed by atoms with van der Waals surface area (Å²) < 4.78 is 6.92. The van der Waals surface area contributed by atoms with Crippen LogP contribution in [-0.2, 0) is 0 Å². The van der Waals surface area contributed by atoms with Crippen LogP contribution >= 0.6 is 15.9 Å². The summed E-state index contributed by atoms with van der Waals surface area (Å²) in [7, 11) is 0. The van der Waals surface area contributed by atoms with Crippen molar-refractivity contribution >= 4 is 15.9 Å². The molecule has 0 saturated carbocycles. The highest BCUT2D eigenvalue weighted by molar-refractivity contribution is 9.10. The Balaban J connectivity index is 2.42. The van der Waals surface area contributed by atoms with Gasteiger partial charge >= 0.3 is 0 Å². The molecule has 0 radical (unpaired) electrons. The van der Waals surface area contributed by atoms with E-state index in [4.69, 9.17) is 4.74 Å². The lowest BCUT2D eigenvalue weighted by molar-refractivity contribution is 0.179.